The molecule has 1 unspecified atom stereocenters. The van der Waals surface area contributed by atoms with Crippen molar-refractivity contribution in [2.75, 3.05) is 13.7 Å². The number of carbonyl (C=O) groups is 1. The van der Waals surface area contributed by atoms with Crippen molar-refractivity contribution in [3.63, 3.8) is 0 Å². The third-order valence-electron chi connectivity index (χ3n) is 7.37. The molecule has 1 fully saturated rings. The van der Waals surface area contributed by atoms with Gasteiger partial charge in [-0.05, 0) is 82.1 Å². The molecule has 1 N–H and O–H groups in total. The van der Waals surface area contributed by atoms with Crippen molar-refractivity contribution in [1.29, 1.82) is 0 Å². The van der Waals surface area contributed by atoms with Crippen molar-refractivity contribution in [2.24, 2.45) is 17.3 Å². The number of carbonyl (C=O) groups excluding carboxylic acids is 1. The summed E-state index contributed by atoms with van der Waals surface area (Å²) in [4.78, 5) is 14.0. The molecule has 0 amide bonds. The molecule has 32 heavy (non-hydrogen) atoms. The number of esters is 1. The zero-order chi connectivity index (χ0) is 23.9. The van der Waals surface area contributed by atoms with Crippen LogP contribution in [0.2, 0.25) is 0 Å². The van der Waals surface area contributed by atoms with Crippen LogP contribution in [0.25, 0.3) is 0 Å². The summed E-state index contributed by atoms with van der Waals surface area (Å²) in [6.07, 6.45) is 3.47. The van der Waals surface area contributed by atoms with Crippen molar-refractivity contribution >= 4 is 33.3 Å². The molecule has 1 spiro atoms. The molecule has 5 nitrogen and oxygen atoms in total. The Balaban J connectivity index is 2.26. The summed E-state index contributed by atoms with van der Waals surface area (Å²) in [7, 11) is 1.79. The molecule has 0 radical (unpaired) electrons. The Morgan fingerprint density at radius 3 is 2.56 bits per heavy atom. The van der Waals surface area contributed by atoms with Gasteiger partial charge in [-0.15, -0.1) is 4.72 Å². The molecule has 1 aromatic carbocycles. The van der Waals surface area contributed by atoms with Crippen LogP contribution < -0.4 is 4.72 Å². The third kappa shape index (κ3) is 4.28. The lowest BCUT2D eigenvalue weighted by atomic mass is 9.56. The van der Waals surface area contributed by atoms with E-state index in [1.165, 1.54) is 0 Å². The molecule has 2 aliphatic carbocycles. The van der Waals surface area contributed by atoms with Crippen LogP contribution >= 0.6 is 15.9 Å². The number of rotatable bonds is 6. The van der Waals surface area contributed by atoms with Gasteiger partial charge < -0.3 is 14.0 Å². The first kappa shape index (κ1) is 26.0. The highest BCUT2D eigenvalue weighted by atomic mass is 79.9. The van der Waals surface area contributed by atoms with Gasteiger partial charge in [-0.2, -0.15) is 0 Å². The molecule has 2 aliphatic rings. The molecule has 0 aliphatic heterocycles. The summed E-state index contributed by atoms with van der Waals surface area (Å²) < 4.78 is 29.0. The van der Waals surface area contributed by atoms with Gasteiger partial charge in [0.25, 0.3) is 0 Å². The van der Waals surface area contributed by atoms with Gasteiger partial charge in [0, 0.05) is 28.4 Å². The van der Waals surface area contributed by atoms with Gasteiger partial charge in [-0.1, -0.05) is 42.3 Å². The predicted molar refractivity (Wildman–Crippen MR) is 133 cm³/mol. The van der Waals surface area contributed by atoms with Crippen LogP contribution in [0.4, 0.5) is 0 Å². The van der Waals surface area contributed by atoms with Crippen molar-refractivity contribution in [3.05, 3.63) is 33.8 Å². The van der Waals surface area contributed by atoms with E-state index in [1.807, 2.05) is 39.8 Å². The summed E-state index contributed by atoms with van der Waals surface area (Å²) in [6.45, 7) is 12.3. The van der Waals surface area contributed by atoms with Gasteiger partial charge in [0.05, 0.1) is 12.7 Å². The van der Waals surface area contributed by atoms with Crippen LogP contribution in [0, 0.1) is 17.3 Å². The molecule has 0 aromatic heterocycles. The van der Waals surface area contributed by atoms with Crippen molar-refractivity contribution in [3.8, 4) is 0 Å². The van der Waals surface area contributed by atoms with Crippen LogP contribution in [-0.4, -0.2) is 35.1 Å². The number of ether oxygens (including phenoxy) is 2. The Labute approximate surface area is 204 Å². The van der Waals surface area contributed by atoms with Crippen LogP contribution in [0.5, 0.6) is 0 Å². The van der Waals surface area contributed by atoms with Crippen molar-refractivity contribution in [2.45, 2.75) is 83.6 Å². The number of methoxy groups -OCH3 is 1. The van der Waals surface area contributed by atoms with E-state index in [2.05, 4.69) is 40.6 Å². The molecule has 1 aromatic rings. The average Bonchev–Trinajstić information content (AvgIpc) is 2.96. The Kier molecular flexibility index (Phi) is 7.78. The fourth-order valence-corrected chi connectivity index (χ4v) is 7.40. The van der Waals surface area contributed by atoms with E-state index in [0.717, 1.165) is 41.3 Å². The van der Waals surface area contributed by atoms with E-state index < -0.39 is 27.1 Å². The quantitative estimate of drug-likeness (QED) is 0.402. The molecule has 180 valence electrons. The second-order valence-corrected chi connectivity index (χ2v) is 13.3. The summed E-state index contributed by atoms with van der Waals surface area (Å²) in [6, 6.07) is 6.13. The predicted octanol–water partition coefficient (Wildman–Crippen LogP) is 5.27. The number of hydrogen-bond donors (Lipinski definition) is 1. The Hall–Kier alpha value is -0.600. The molecule has 0 saturated heterocycles. The Bertz CT molecular complexity index is 844. The summed E-state index contributed by atoms with van der Waals surface area (Å²) in [5.41, 5.74) is 0.387. The summed E-state index contributed by atoms with van der Waals surface area (Å²) >= 11 is 2.14. The SMILES string of the molecule is CCOC(=O)[C@]1(N[S+]([O-])C(C)(C)C)c2cc(Br)ccc2C[C@@]12C[C@@H](CC)[C@H](OC)[C@@H](C)C2. The highest BCUT2D eigenvalue weighted by Gasteiger charge is 2.68. The molecule has 3 rings (SSSR count). The summed E-state index contributed by atoms with van der Waals surface area (Å²) in [5, 5.41) is 0. The fraction of sp³-hybridized carbons (Fsp3) is 0.720. The zero-order valence-electron chi connectivity index (χ0n) is 20.4. The number of fused-ring (bicyclic) bond motifs is 1. The maximum absolute atomic E-state index is 14.0. The molecule has 0 heterocycles. The standard InChI is InChI=1S/C25H38BrNO4S/c1-8-17-14-24(13-16(3)21(17)30-7)15-18-10-11-19(26)12-20(18)25(24,22(28)31-9-2)27-32(29)23(4,5)6/h10-12,16-17,21,27H,8-9,13-15H2,1-7H3/t16-,17+,21+,24+,25+,32?/m0/s1. The first-order chi connectivity index (χ1) is 15.0. The molecule has 1 saturated carbocycles. The molecular formula is C25H38BrNO4S. The lowest BCUT2D eigenvalue weighted by Crippen LogP contribution is -2.65. The second kappa shape index (κ2) is 9.57. The lowest BCUT2D eigenvalue weighted by molar-refractivity contribution is -0.163. The Morgan fingerprint density at radius 2 is 2.00 bits per heavy atom. The van der Waals surface area contributed by atoms with Gasteiger partial charge in [0.15, 0.2) is 5.54 Å². The Morgan fingerprint density at radius 1 is 1.31 bits per heavy atom. The highest BCUT2D eigenvalue weighted by Crippen LogP contribution is 2.61. The van der Waals surface area contributed by atoms with Gasteiger partial charge in [-0.25, -0.2) is 4.79 Å². The van der Waals surface area contributed by atoms with Crippen LogP contribution in [0.1, 0.15) is 71.9 Å². The van der Waals surface area contributed by atoms with E-state index in [1.54, 1.807) is 7.11 Å². The molecule has 6 atom stereocenters. The molecular weight excluding hydrogens is 490 g/mol. The minimum absolute atomic E-state index is 0.147. The van der Waals surface area contributed by atoms with Crippen molar-refractivity contribution < 1.29 is 18.8 Å². The minimum Gasteiger partial charge on any atom is -0.598 e. The van der Waals surface area contributed by atoms with Crippen LogP contribution in [-0.2, 0) is 37.6 Å². The fourth-order valence-electron chi connectivity index (χ4n) is 6.05. The number of nitrogens with one attached hydrogen (secondary N) is 1. The normalized spacial score (nSPS) is 33.2. The second-order valence-electron chi connectivity index (χ2n) is 10.5. The zero-order valence-corrected chi connectivity index (χ0v) is 22.8. The number of hydrogen-bond acceptors (Lipinski definition) is 5. The van der Waals surface area contributed by atoms with E-state index in [0.29, 0.717) is 5.92 Å². The maximum Gasteiger partial charge on any atom is 0.336 e. The first-order valence-corrected chi connectivity index (χ1v) is 13.6. The maximum atomic E-state index is 14.0. The van der Waals surface area contributed by atoms with Crippen LogP contribution in [0.3, 0.4) is 0 Å². The van der Waals surface area contributed by atoms with E-state index in [9.17, 15) is 9.35 Å². The van der Waals surface area contributed by atoms with Gasteiger partial charge >= 0.3 is 5.97 Å². The largest absolute Gasteiger partial charge is 0.598 e. The third-order valence-corrected chi connectivity index (χ3v) is 9.47. The first-order valence-electron chi connectivity index (χ1n) is 11.6. The smallest absolute Gasteiger partial charge is 0.336 e. The minimum atomic E-state index is -1.46. The van der Waals surface area contributed by atoms with E-state index in [-0.39, 0.29) is 24.6 Å². The monoisotopic (exact) mass is 527 g/mol. The van der Waals surface area contributed by atoms with Crippen LogP contribution in [0.15, 0.2) is 22.7 Å². The summed E-state index contributed by atoms with van der Waals surface area (Å²) in [5.74, 6) is 0.239. The number of halogens is 1. The van der Waals surface area contributed by atoms with E-state index in [4.69, 9.17) is 9.47 Å². The molecule has 0 bridgehead atoms. The highest BCUT2D eigenvalue weighted by molar-refractivity contribution is 9.10. The van der Waals surface area contributed by atoms with Crippen molar-refractivity contribution in [1.82, 2.24) is 4.72 Å². The average molecular weight is 529 g/mol. The van der Waals surface area contributed by atoms with Gasteiger partial charge in [-0.3, -0.25) is 0 Å². The molecule has 7 heteroatoms. The topological polar surface area (TPSA) is 70.6 Å². The number of benzene rings is 1. The van der Waals surface area contributed by atoms with Gasteiger partial charge in [0.1, 0.15) is 4.75 Å². The lowest BCUT2D eigenvalue weighted by Gasteiger charge is -2.52. The van der Waals surface area contributed by atoms with Gasteiger partial charge in [0.2, 0.25) is 0 Å². The van der Waals surface area contributed by atoms with E-state index >= 15 is 0 Å².